The molecular weight excluding hydrogens is 190 g/mol. The zero-order valence-corrected chi connectivity index (χ0v) is 8.73. The first-order chi connectivity index (χ1) is 7.22. The van der Waals surface area contributed by atoms with Crippen LogP contribution < -0.4 is 11.4 Å². The Kier molecular flexibility index (Phi) is 2.60. The number of hydrogen-bond donors (Lipinski definition) is 2. The minimum Gasteiger partial charge on any atom is -0.330 e. The average molecular weight is 205 g/mol. The number of benzene rings is 1. The van der Waals surface area contributed by atoms with Crippen molar-refractivity contribution < 1.29 is 0 Å². The molecule has 0 aliphatic carbocycles. The Hall–Kier alpha value is -1.55. The molecule has 0 saturated heterocycles. The van der Waals surface area contributed by atoms with Crippen LogP contribution in [0.25, 0.3) is 11.0 Å². The van der Waals surface area contributed by atoms with Crippen LogP contribution in [0.1, 0.15) is 6.92 Å². The number of nitrogens with one attached hydrogen (secondary N) is 1. The Balaban J connectivity index is 2.50. The van der Waals surface area contributed by atoms with Crippen molar-refractivity contribution in [2.45, 2.75) is 13.5 Å². The number of imidazole rings is 1. The first kappa shape index (κ1) is 9.98. The quantitative estimate of drug-likeness (QED) is 0.782. The summed E-state index contributed by atoms with van der Waals surface area (Å²) in [5.41, 5.74) is 7.33. The van der Waals surface area contributed by atoms with Crippen LogP contribution >= 0.6 is 0 Å². The Labute approximate surface area is 87.7 Å². The normalized spacial score (nSPS) is 13.2. The number of aromatic amines is 1. The topological polar surface area (TPSA) is 63.8 Å². The van der Waals surface area contributed by atoms with Crippen molar-refractivity contribution in [1.29, 1.82) is 0 Å². The highest BCUT2D eigenvalue weighted by Crippen LogP contribution is 2.10. The van der Waals surface area contributed by atoms with Crippen LogP contribution in [-0.2, 0) is 6.54 Å². The Morgan fingerprint density at radius 2 is 2.20 bits per heavy atom. The van der Waals surface area contributed by atoms with Crippen LogP contribution in [0.2, 0.25) is 0 Å². The van der Waals surface area contributed by atoms with E-state index in [-0.39, 0.29) is 5.69 Å². The number of nitrogens with two attached hydrogens (primary N) is 1. The first-order valence-electron chi connectivity index (χ1n) is 5.10. The molecule has 2 rings (SSSR count). The lowest BCUT2D eigenvalue weighted by atomic mass is 10.2. The maximum Gasteiger partial charge on any atom is 0.326 e. The molecule has 0 fully saturated rings. The lowest BCUT2D eigenvalue weighted by molar-refractivity contribution is 0.491. The number of nitrogens with zero attached hydrogens (tertiary/aromatic N) is 1. The van der Waals surface area contributed by atoms with Crippen LogP contribution in [0.5, 0.6) is 0 Å². The van der Waals surface area contributed by atoms with E-state index in [0.717, 1.165) is 11.0 Å². The van der Waals surface area contributed by atoms with Gasteiger partial charge < -0.3 is 10.7 Å². The van der Waals surface area contributed by atoms with Gasteiger partial charge in [0.25, 0.3) is 0 Å². The molecular formula is C11H15N3O. The second-order valence-corrected chi connectivity index (χ2v) is 3.90. The minimum atomic E-state index is -0.0588. The molecule has 2 aromatic rings. The molecule has 15 heavy (non-hydrogen) atoms. The number of para-hydroxylation sites is 2. The van der Waals surface area contributed by atoms with Crippen molar-refractivity contribution in [3.8, 4) is 0 Å². The van der Waals surface area contributed by atoms with Crippen LogP contribution in [0.15, 0.2) is 29.1 Å². The molecule has 0 amide bonds. The highest BCUT2D eigenvalue weighted by molar-refractivity contribution is 5.74. The van der Waals surface area contributed by atoms with Gasteiger partial charge in [0.15, 0.2) is 0 Å². The van der Waals surface area contributed by atoms with E-state index < -0.39 is 0 Å². The lowest BCUT2D eigenvalue weighted by Gasteiger charge is -2.08. The molecule has 3 N–H and O–H groups in total. The number of rotatable bonds is 3. The fourth-order valence-corrected chi connectivity index (χ4v) is 1.67. The number of fused-ring (bicyclic) bond motifs is 1. The number of hydrogen-bond acceptors (Lipinski definition) is 2. The zero-order valence-electron chi connectivity index (χ0n) is 8.73. The maximum absolute atomic E-state index is 11.7. The fraction of sp³-hybridized carbons (Fsp3) is 0.364. The van der Waals surface area contributed by atoms with Gasteiger partial charge in [-0.1, -0.05) is 19.1 Å². The van der Waals surface area contributed by atoms with Crippen molar-refractivity contribution in [2.75, 3.05) is 6.54 Å². The molecule has 1 unspecified atom stereocenters. The van der Waals surface area contributed by atoms with Gasteiger partial charge in [0.1, 0.15) is 0 Å². The molecule has 4 nitrogen and oxygen atoms in total. The third kappa shape index (κ3) is 1.80. The van der Waals surface area contributed by atoms with Crippen molar-refractivity contribution in [3.05, 3.63) is 34.7 Å². The lowest BCUT2D eigenvalue weighted by Crippen LogP contribution is -2.24. The number of aromatic nitrogens is 2. The van der Waals surface area contributed by atoms with E-state index in [1.54, 1.807) is 4.57 Å². The summed E-state index contributed by atoms with van der Waals surface area (Å²) >= 11 is 0. The molecule has 0 aliphatic rings. The average Bonchev–Trinajstić information content (AvgIpc) is 2.55. The third-order valence-corrected chi connectivity index (χ3v) is 2.58. The molecule has 0 bridgehead atoms. The molecule has 1 aromatic heterocycles. The Morgan fingerprint density at radius 1 is 1.47 bits per heavy atom. The summed E-state index contributed by atoms with van der Waals surface area (Å²) in [5.74, 6) is 0.307. The van der Waals surface area contributed by atoms with Crippen LogP contribution in [-0.4, -0.2) is 16.1 Å². The predicted molar refractivity (Wildman–Crippen MR) is 60.8 cm³/mol. The molecule has 80 valence electrons. The predicted octanol–water partition coefficient (Wildman–Crippen LogP) is 0.924. The second-order valence-electron chi connectivity index (χ2n) is 3.90. The zero-order chi connectivity index (χ0) is 10.8. The van der Waals surface area contributed by atoms with Gasteiger partial charge in [-0.25, -0.2) is 4.79 Å². The summed E-state index contributed by atoms with van der Waals surface area (Å²) in [6.45, 7) is 3.29. The monoisotopic (exact) mass is 205 g/mol. The molecule has 0 aliphatic heterocycles. The van der Waals surface area contributed by atoms with E-state index in [1.165, 1.54) is 0 Å². The summed E-state index contributed by atoms with van der Waals surface area (Å²) in [6.07, 6.45) is 0. The first-order valence-corrected chi connectivity index (χ1v) is 5.10. The van der Waals surface area contributed by atoms with Gasteiger partial charge in [0, 0.05) is 6.54 Å². The van der Waals surface area contributed by atoms with Crippen LogP contribution in [0, 0.1) is 5.92 Å². The highest BCUT2D eigenvalue weighted by atomic mass is 16.1. The largest absolute Gasteiger partial charge is 0.330 e. The van der Waals surface area contributed by atoms with Crippen molar-refractivity contribution in [2.24, 2.45) is 11.7 Å². The second kappa shape index (κ2) is 3.90. The molecule has 1 heterocycles. The molecule has 0 radical (unpaired) electrons. The molecule has 1 atom stereocenters. The van der Waals surface area contributed by atoms with Gasteiger partial charge in [-0.3, -0.25) is 4.57 Å². The Morgan fingerprint density at radius 3 is 2.93 bits per heavy atom. The van der Waals surface area contributed by atoms with Gasteiger partial charge in [-0.15, -0.1) is 0 Å². The van der Waals surface area contributed by atoms with Crippen LogP contribution in [0.3, 0.4) is 0 Å². The molecule has 1 aromatic carbocycles. The van der Waals surface area contributed by atoms with Gasteiger partial charge in [0.2, 0.25) is 0 Å². The summed E-state index contributed by atoms with van der Waals surface area (Å²) in [6, 6.07) is 7.69. The van der Waals surface area contributed by atoms with Gasteiger partial charge in [-0.2, -0.15) is 0 Å². The Bertz CT molecular complexity index is 512. The minimum absolute atomic E-state index is 0.0588. The fourth-order valence-electron chi connectivity index (χ4n) is 1.67. The van der Waals surface area contributed by atoms with Gasteiger partial charge in [0.05, 0.1) is 11.0 Å². The van der Waals surface area contributed by atoms with Crippen molar-refractivity contribution in [3.63, 3.8) is 0 Å². The summed E-state index contributed by atoms with van der Waals surface area (Å²) < 4.78 is 1.74. The van der Waals surface area contributed by atoms with E-state index in [4.69, 9.17) is 5.73 Å². The summed E-state index contributed by atoms with van der Waals surface area (Å²) in [7, 11) is 0. The van der Waals surface area contributed by atoms with E-state index >= 15 is 0 Å². The standard InChI is InChI=1S/C11H15N3O/c1-8(6-12)7-14-10-5-3-2-4-9(10)13-11(14)15/h2-5,8H,6-7,12H2,1H3,(H,13,15). The van der Waals surface area contributed by atoms with E-state index in [1.807, 2.05) is 31.2 Å². The van der Waals surface area contributed by atoms with Crippen molar-refractivity contribution in [1.82, 2.24) is 9.55 Å². The molecule has 0 spiro atoms. The smallest absolute Gasteiger partial charge is 0.326 e. The van der Waals surface area contributed by atoms with Gasteiger partial charge in [-0.05, 0) is 24.6 Å². The van der Waals surface area contributed by atoms with E-state index in [2.05, 4.69) is 4.98 Å². The van der Waals surface area contributed by atoms with Gasteiger partial charge >= 0.3 is 5.69 Å². The van der Waals surface area contributed by atoms with Crippen molar-refractivity contribution >= 4 is 11.0 Å². The third-order valence-electron chi connectivity index (χ3n) is 2.58. The molecule has 0 saturated carbocycles. The van der Waals surface area contributed by atoms with E-state index in [9.17, 15) is 4.79 Å². The SMILES string of the molecule is CC(CN)Cn1c(=O)[nH]c2ccccc21. The maximum atomic E-state index is 11.7. The number of H-pyrrole nitrogens is 1. The molecule has 4 heteroatoms. The van der Waals surface area contributed by atoms with E-state index in [0.29, 0.717) is 19.0 Å². The summed E-state index contributed by atoms with van der Waals surface area (Å²) in [4.78, 5) is 14.5. The van der Waals surface area contributed by atoms with Crippen LogP contribution in [0.4, 0.5) is 0 Å². The highest BCUT2D eigenvalue weighted by Gasteiger charge is 2.08. The summed E-state index contributed by atoms with van der Waals surface area (Å²) in [5, 5.41) is 0.